The molecule has 0 saturated carbocycles. The molecule has 0 N–H and O–H groups in total. The molecule has 1 atom stereocenters. The molecule has 0 aliphatic rings. The molecule has 0 aliphatic heterocycles. The van der Waals surface area contributed by atoms with E-state index < -0.39 is 6.49 Å². The molecule has 0 rings (SSSR count). The normalized spacial score (nSPS) is 16.4. The monoisotopic (exact) mass is 162 g/mol. The second kappa shape index (κ2) is 5.36. The molecule has 0 heterocycles. The van der Waals surface area contributed by atoms with E-state index in [9.17, 15) is 4.89 Å². The molecule has 44 valence electrons. The zero-order valence-electron chi connectivity index (χ0n) is 5.38. The summed E-state index contributed by atoms with van der Waals surface area (Å²) >= 11 is 4.42. The van der Waals surface area contributed by atoms with Gasteiger partial charge in [-0.3, -0.25) is 0 Å². The van der Waals surface area contributed by atoms with Gasteiger partial charge in [0, 0.05) is 6.61 Å². The summed E-state index contributed by atoms with van der Waals surface area (Å²) in [4.78, 5) is 10.4. The van der Waals surface area contributed by atoms with E-state index in [0.717, 1.165) is 0 Å². The Morgan fingerprint density at radius 2 is 2.12 bits per heavy atom. The van der Waals surface area contributed by atoms with E-state index in [1.165, 1.54) is 6.66 Å². The minimum absolute atomic E-state index is 0. The van der Waals surface area contributed by atoms with E-state index in [-0.39, 0.29) is 29.6 Å². The van der Waals surface area contributed by atoms with Gasteiger partial charge < -0.3 is 9.42 Å². The topological polar surface area (TPSA) is 32.3 Å². The van der Waals surface area contributed by atoms with E-state index in [0.29, 0.717) is 6.61 Å². The van der Waals surface area contributed by atoms with Gasteiger partial charge in [0.25, 0.3) is 0 Å². The van der Waals surface area contributed by atoms with Crippen LogP contribution in [-0.4, -0.2) is 13.3 Å². The Labute approximate surface area is 77.1 Å². The first-order chi connectivity index (χ1) is 3.06. The standard InChI is InChI=1S/C3H9O2PS.Na/c1-3-5-6(2,4)7;/h3H2,1-2H3,(H,4,7);/q;+1/p-1. The summed E-state index contributed by atoms with van der Waals surface area (Å²) < 4.78 is 4.60. The fraction of sp³-hybridized carbons (Fsp3) is 1.00. The summed E-state index contributed by atoms with van der Waals surface area (Å²) in [5, 5.41) is 0. The molecule has 2 nitrogen and oxygen atoms in total. The summed E-state index contributed by atoms with van der Waals surface area (Å²) in [7, 11) is 0. The average molecular weight is 162 g/mol. The van der Waals surface area contributed by atoms with Crippen molar-refractivity contribution < 1.29 is 39.0 Å². The van der Waals surface area contributed by atoms with E-state index >= 15 is 0 Å². The van der Waals surface area contributed by atoms with Gasteiger partial charge in [-0.15, -0.1) is 0 Å². The van der Waals surface area contributed by atoms with Crippen molar-refractivity contribution in [2.24, 2.45) is 0 Å². The number of hydrogen-bond donors (Lipinski definition) is 0. The van der Waals surface area contributed by atoms with Crippen molar-refractivity contribution in [2.45, 2.75) is 6.92 Å². The zero-order valence-corrected chi connectivity index (χ0v) is 9.09. The largest absolute Gasteiger partial charge is 1.00 e. The SMILES string of the molecule is CCOP(C)([O-])=S.[Na+]. The smallest absolute Gasteiger partial charge is 0.801 e. The molecule has 0 fully saturated rings. The van der Waals surface area contributed by atoms with Crippen LogP contribution in [0.2, 0.25) is 0 Å². The predicted molar refractivity (Wildman–Crippen MR) is 31.8 cm³/mol. The van der Waals surface area contributed by atoms with Crippen LogP contribution in [-0.2, 0) is 16.3 Å². The van der Waals surface area contributed by atoms with Gasteiger partial charge in [0.05, 0.1) is 0 Å². The summed E-state index contributed by atoms with van der Waals surface area (Å²) in [5.41, 5.74) is 0. The van der Waals surface area contributed by atoms with Gasteiger partial charge in [0.15, 0.2) is 0 Å². The summed E-state index contributed by atoms with van der Waals surface area (Å²) in [5.74, 6) is 0. The molecule has 0 aromatic heterocycles. The average Bonchev–Trinajstić information content (AvgIpc) is 1.30. The maximum Gasteiger partial charge on any atom is 1.00 e. The van der Waals surface area contributed by atoms with Gasteiger partial charge >= 0.3 is 29.6 Å². The Balaban J connectivity index is 0. The van der Waals surface area contributed by atoms with Gasteiger partial charge in [0.2, 0.25) is 0 Å². The summed E-state index contributed by atoms with van der Waals surface area (Å²) in [6.45, 7) is 1.05. The van der Waals surface area contributed by atoms with Crippen LogP contribution in [0.1, 0.15) is 6.92 Å². The third-order valence-electron chi connectivity index (χ3n) is 0.364. The minimum Gasteiger partial charge on any atom is -0.801 e. The second-order valence-electron chi connectivity index (χ2n) is 1.19. The van der Waals surface area contributed by atoms with Crippen molar-refractivity contribution in [3.8, 4) is 0 Å². The van der Waals surface area contributed by atoms with Crippen LogP contribution in [0.5, 0.6) is 0 Å². The van der Waals surface area contributed by atoms with Gasteiger partial charge in [0.1, 0.15) is 0 Å². The van der Waals surface area contributed by atoms with Crippen molar-refractivity contribution in [3.05, 3.63) is 0 Å². The Hall–Kier alpha value is 1.57. The van der Waals surface area contributed by atoms with Crippen molar-refractivity contribution in [1.82, 2.24) is 0 Å². The van der Waals surface area contributed by atoms with Crippen molar-refractivity contribution >= 4 is 18.3 Å². The first-order valence-electron chi connectivity index (χ1n) is 1.99. The third-order valence-corrected chi connectivity index (χ3v) is 1.41. The van der Waals surface area contributed by atoms with Gasteiger partial charge in [-0.2, -0.15) is 0 Å². The van der Waals surface area contributed by atoms with E-state index in [1.807, 2.05) is 0 Å². The van der Waals surface area contributed by atoms with Crippen LogP contribution in [0, 0.1) is 0 Å². The quantitative estimate of drug-likeness (QED) is 0.328. The van der Waals surface area contributed by atoms with E-state index in [4.69, 9.17) is 0 Å². The number of rotatable bonds is 2. The Morgan fingerprint density at radius 1 is 1.75 bits per heavy atom. The Morgan fingerprint density at radius 3 is 2.12 bits per heavy atom. The van der Waals surface area contributed by atoms with E-state index in [1.54, 1.807) is 6.92 Å². The first-order valence-corrected chi connectivity index (χ1v) is 5.08. The molecule has 0 saturated heterocycles. The van der Waals surface area contributed by atoms with E-state index in [2.05, 4.69) is 16.3 Å². The maximum absolute atomic E-state index is 10.4. The Kier molecular flexibility index (Phi) is 8.22. The molecule has 0 aliphatic carbocycles. The number of hydrogen-bond acceptors (Lipinski definition) is 3. The van der Waals surface area contributed by atoms with Gasteiger partial charge in [-0.05, 0) is 20.1 Å². The van der Waals surface area contributed by atoms with Crippen LogP contribution >= 0.6 is 6.49 Å². The molecule has 0 spiro atoms. The third kappa shape index (κ3) is 10.5. The fourth-order valence-electron chi connectivity index (χ4n) is 0.235. The second-order valence-corrected chi connectivity index (χ2v) is 4.98. The molecular weight excluding hydrogens is 154 g/mol. The molecule has 8 heavy (non-hydrogen) atoms. The van der Waals surface area contributed by atoms with Crippen LogP contribution < -0.4 is 34.5 Å². The molecule has 0 amide bonds. The predicted octanol–water partition coefficient (Wildman–Crippen LogP) is -2.67. The zero-order chi connectivity index (χ0) is 5.91. The molecule has 0 aromatic rings. The summed E-state index contributed by atoms with van der Waals surface area (Å²) in [6, 6.07) is 0. The Bertz CT molecular complexity index is 91.3. The van der Waals surface area contributed by atoms with Gasteiger partial charge in [-0.1, -0.05) is 11.8 Å². The van der Waals surface area contributed by atoms with Crippen LogP contribution in [0.4, 0.5) is 0 Å². The molecule has 0 radical (unpaired) electrons. The fourth-order valence-corrected chi connectivity index (χ4v) is 1.02. The molecule has 0 bridgehead atoms. The minimum atomic E-state index is -2.58. The summed E-state index contributed by atoms with van der Waals surface area (Å²) in [6.07, 6.45) is 0. The van der Waals surface area contributed by atoms with Crippen molar-refractivity contribution in [3.63, 3.8) is 0 Å². The van der Waals surface area contributed by atoms with Gasteiger partial charge in [-0.25, -0.2) is 0 Å². The maximum atomic E-state index is 10.4. The van der Waals surface area contributed by atoms with Crippen LogP contribution in [0.3, 0.4) is 0 Å². The molecular formula is C3H8NaO2PS. The van der Waals surface area contributed by atoms with Crippen molar-refractivity contribution in [1.29, 1.82) is 0 Å². The first kappa shape index (κ1) is 12.3. The molecule has 0 aromatic carbocycles. The van der Waals surface area contributed by atoms with Crippen LogP contribution in [0.15, 0.2) is 0 Å². The van der Waals surface area contributed by atoms with Crippen molar-refractivity contribution in [2.75, 3.05) is 13.3 Å². The molecule has 1 unspecified atom stereocenters. The molecule has 5 heteroatoms. The van der Waals surface area contributed by atoms with Crippen LogP contribution in [0.25, 0.3) is 0 Å².